The van der Waals surface area contributed by atoms with Crippen molar-refractivity contribution in [1.82, 2.24) is 10.2 Å². The van der Waals surface area contributed by atoms with E-state index in [-0.39, 0.29) is 11.8 Å². The van der Waals surface area contributed by atoms with Crippen LogP contribution in [-0.4, -0.2) is 35.1 Å². The van der Waals surface area contributed by atoms with Crippen LogP contribution < -0.4 is 5.32 Å². The van der Waals surface area contributed by atoms with Gasteiger partial charge in [-0.3, -0.25) is 9.59 Å². The molecule has 0 bridgehead atoms. The Morgan fingerprint density at radius 3 is 2.08 bits per heavy atom. The number of carbonyl (C=O) groups is 2. The van der Waals surface area contributed by atoms with Crippen molar-refractivity contribution in [3.05, 3.63) is 107 Å². The Morgan fingerprint density at radius 2 is 1.44 bits per heavy atom. The first-order valence-corrected chi connectivity index (χ1v) is 13.8. The van der Waals surface area contributed by atoms with Crippen LogP contribution in [0, 0.1) is 19.8 Å². The molecule has 0 aliphatic rings. The molecule has 3 aromatic carbocycles. The van der Waals surface area contributed by atoms with Gasteiger partial charge in [0, 0.05) is 25.3 Å². The summed E-state index contributed by atoms with van der Waals surface area (Å²) in [7, 11) is 0. The van der Waals surface area contributed by atoms with Gasteiger partial charge in [0.25, 0.3) is 0 Å². The predicted molar refractivity (Wildman–Crippen MR) is 151 cm³/mol. The fourth-order valence-electron chi connectivity index (χ4n) is 4.12. The van der Waals surface area contributed by atoms with Crippen LogP contribution in [0.5, 0.6) is 0 Å². The van der Waals surface area contributed by atoms with Gasteiger partial charge in [-0.1, -0.05) is 104 Å². The van der Waals surface area contributed by atoms with E-state index in [1.54, 1.807) is 16.7 Å². The molecule has 0 saturated carbocycles. The number of thioether (sulfide) groups is 1. The number of benzene rings is 3. The number of nitrogens with zero attached hydrogens (tertiary/aromatic N) is 1. The third-order valence-corrected chi connectivity index (χ3v) is 6.96. The molecule has 2 amide bonds. The quantitative estimate of drug-likeness (QED) is 0.333. The standard InChI is InChI=1S/C31H38N2O2S/c1-23(2)19-32-31(35)29(18-26-12-6-5-7-13-26)33(20-27-14-8-10-24(3)16-27)30(34)22-36-21-28-15-9-11-25(4)17-28/h5-17,23,29H,18-22H2,1-4H3,(H,32,35)/t29-/m1/s1. The van der Waals surface area contributed by atoms with E-state index in [4.69, 9.17) is 0 Å². The minimum Gasteiger partial charge on any atom is -0.354 e. The molecule has 36 heavy (non-hydrogen) atoms. The summed E-state index contributed by atoms with van der Waals surface area (Å²) in [6.45, 7) is 9.25. The number of hydrogen-bond acceptors (Lipinski definition) is 3. The molecule has 0 heterocycles. The minimum absolute atomic E-state index is 0.0187. The van der Waals surface area contributed by atoms with Crippen LogP contribution >= 0.6 is 11.8 Å². The molecule has 5 heteroatoms. The van der Waals surface area contributed by atoms with E-state index < -0.39 is 6.04 Å². The van der Waals surface area contributed by atoms with Crippen molar-refractivity contribution in [2.75, 3.05) is 12.3 Å². The molecule has 3 rings (SSSR count). The number of carbonyl (C=O) groups excluding carboxylic acids is 2. The summed E-state index contributed by atoms with van der Waals surface area (Å²) in [6, 6.07) is 25.9. The van der Waals surface area contributed by atoms with Gasteiger partial charge in [0.05, 0.1) is 5.75 Å². The predicted octanol–water partition coefficient (Wildman–Crippen LogP) is 5.95. The van der Waals surface area contributed by atoms with Crippen LogP contribution in [0.4, 0.5) is 0 Å². The van der Waals surface area contributed by atoms with Gasteiger partial charge in [-0.25, -0.2) is 0 Å². The highest BCUT2D eigenvalue weighted by molar-refractivity contribution is 7.99. The molecule has 0 unspecified atom stereocenters. The fourth-order valence-corrected chi connectivity index (χ4v) is 4.98. The number of aryl methyl sites for hydroxylation is 2. The third-order valence-electron chi connectivity index (χ3n) is 5.97. The van der Waals surface area contributed by atoms with Crippen LogP contribution in [0.3, 0.4) is 0 Å². The molecular weight excluding hydrogens is 464 g/mol. The first-order chi connectivity index (χ1) is 17.3. The van der Waals surface area contributed by atoms with Crippen LogP contribution in [-0.2, 0) is 28.3 Å². The minimum atomic E-state index is -0.585. The normalized spacial score (nSPS) is 11.8. The molecule has 0 aliphatic heterocycles. The zero-order valence-corrected chi connectivity index (χ0v) is 22.7. The van der Waals surface area contributed by atoms with E-state index in [0.29, 0.717) is 31.2 Å². The second-order valence-corrected chi connectivity index (χ2v) is 10.8. The maximum absolute atomic E-state index is 13.7. The summed E-state index contributed by atoms with van der Waals surface area (Å²) in [6.07, 6.45) is 0.477. The summed E-state index contributed by atoms with van der Waals surface area (Å²) < 4.78 is 0. The van der Waals surface area contributed by atoms with Gasteiger partial charge >= 0.3 is 0 Å². The van der Waals surface area contributed by atoms with Crippen molar-refractivity contribution < 1.29 is 9.59 Å². The van der Waals surface area contributed by atoms with Crippen molar-refractivity contribution in [3.8, 4) is 0 Å². The van der Waals surface area contributed by atoms with Gasteiger partial charge in [-0.15, -0.1) is 11.8 Å². The topological polar surface area (TPSA) is 49.4 Å². The highest BCUT2D eigenvalue weighted by Crippen LogP contribution is 2.19. The number of amides is 2. The van der Waals surface area contributed by atoms with Crippen molar-refractivity contribution in [1.29, 1.82) is 0 Å². The molecule has 4 nitrogen and oxygen atoms in total. The lowest BCUT2D eigenvalue weighted by Gasteiger charge is -2.32. The lowest BCUT2D eigenvalue weighted by atomic mass is 10.0. The SMILES string of the molecule is Cc1cccc(CSCC(=O)N(Cc2cccc(C)c2)[C@H](Cc2ccccc2)C(=O)NCC(C)C)c1. The highest BCUT2D eigenvalue weighted by atomic mass is 32.2. The molecule has 1 atom stereocenters. The van der Waals surface area contributed by atoms with Crippen molar-refractivity contribution in [3.63, 3.8) is 0 Å². The second-order valence-electron chi connectivity index (χ2n) is 9.84. The molecule has 1 N–H and O–H groups in total. The molecule has 190 valence electrons. The van der Waals surface area contributed by atoms with E-state index in [9.17, 15) is 9.59 Å². The zero-order valence-electron chi connectivity index (χ0n) is 21.9. The molecular formula is C31H38N2O2S. The Hall–Kier alpha value is -3.05. The molecule has 0 aromatic heterocycles. The van der Waals surface area contributed by atoms with E-state index in [2.05, 4.69) is 50.4 Å². The highest BCUT2D eigenvalue weighted by Gasteiger charge is 2.30. The number of nitrogens with one attached hydrogen (secondary N) is 1. The average Bonchev–Trinajstić information content (AvgIpc) is 2.85. The lowest BCUT2D eigenvalue weighted by molar-refractivity contribution is -0.139. The van der Waals surface area contributed by atoms with E-state index in [0.717, 1.165) is 22.4 Å². The summed E-state index contributed by atoms with van der Waals surface area (Å²) in [5, 5.41) is 3.08. The molecule has 3 aromatic rings. The Balaban J connectivity index is 1.84. The Bertz CT molecular complexity index is 1130. The summed E-state index contributed by atoms with van der Waals surface area (Å²) in [5.41, 5.74) is 5.62. The summed E-state index contributed by atoms with van der Waals surface area (Å²) in [5.74, 6) is 1.29. The fraction of sp³-hybridized carbons (Fsp3) is 0.355. The van der Waals surface area contributed by atoms with Crippen molar-refractivity contribution in [2.45, 2.75) is 52.5 Å². The Labute approximate surface area is 220 Å². The van der Waals surface area contributed by atoms with E-state index >= 15 is 0 Å². The van der Waals surface area contributed by atoms with Gasteiger partial charge in [0.2, 0.25) is 11.8 Å². The molecule has 0 spiro atoms. The number of hydrogen-bond donors (Lipinski definition) is 1. The van der Waals surface area contributed by atoms with Crippen LogP contribution in [0.15, 0.2) is 78.9 Å². The lowest BCUT2D eigenvalue weighted by Crippen LogP contribution is -2.51. The maximum atomic E-state index is 13.7. The van der Waals surface area contributed by atoms with Gasteiger partial charge in [-0.2, -0.15) is 0 Å². The molecule has 0 radical (unpaired) electrons. The van der Waals surface area contributed by atoms with Gasteiger partial charge in [0.1, 0.15) is 6.04 Å². The van der Waals surface area contributed by atoms with Gasteiger partial charge < -0.3 is 10.2 Å². The third kappa shape index (κ3) is 8.87. The maximum Gasteiger partial charge on any atom is 0.243 e. The van der Waals surface area contributed by atoms with Crippen LogP contribution in [0.2, 0.25) is 0 Å². The molecule has 0 fully saturated rings. The molecule has 0 aliphatic carbocycles. The largest absolute Gasteiger partial charge is 0.354 e. The summed E-state index contributed by atoms with van der Waals surface area (Å²) >= 11 is 1.60. The van der Waals surface area contributed by atoms with E-state index in [1.165, 1.54) is 11.1 Å². The smallest absolute Gasteiger partial charge is 0.243 e. The van der Waals surface area contributed by atoms with Crippen LogP contribution in [0.25, 0.3) is 0 Å². The van der Waals surface area contributed by atoms with Crippen molar-refractivity contribution in [2.24, 2.45) is 5.92 Å². The van der Waals surface area contributed by atoms with Crippen LogP contribution in [0.1, 0.15) is 41.7 Å². The monoisotopic (exact) mass is 502 g/mol. The average molecular weight is 503 g/mol. The Morgan fingerprint density at radius 1 is 0.833 bits per heavy atom. The summed E-state index contributed by atoms with van der Waals surface area (Å²) in [4.78, 5) is 28.9. The van der Waals surface area contributed by atoms with Gasteiger partial charge in [-0.05, 0) is 36.5 Å². The molecule has 0 saturated heterocycles. The first-order valence-electron chi connectivity index (χ1n) is 12.6. The van der Waals surface area contributed by atoms with Crippen molar-refractivity contribution >= 4 is 23.6 Å². The van der Waals surface area contributed by atoms with E-state index in [1.807, 2.05) is 61.5 Å². The Kier molecular flexibility index (Phi) is 10.6. The van der Waals surface area contributed by atoms with Gasteiger partial charge in [0.15, 0.2) is 0 Å². The first kappa shape index (κ1) is 27.5. The second kappa shape index (κ2) is 13.9. The zero-order chi connectivity index (χ0) is 25.9. The number of rotatable bonds is 12.